The lowest BCUT2D eigenvalue weighted by molar-refractivity contribution is -0.120. The van der Waals surface area contributed by atoms with Crippen LogP contribution in [-0.2, 0) is 17.8 Å². The van der Waals surface area contributed by atoms with Gasteiger partial charge in [-0.25, -0.2) is 4.98 Å². The highest BCUT2D eigenvalue weighted by molar-refractivity contribution is 5.94. The number of benzene rings is 2. The zero-order chi connectivity index (χ0) is 16.7. The molecule has 0 aliphatic carbocycles. The summed E-state index contributed by atoms with van der Waals surface area (Å²) in [6, 6.07) is 14.3. The average Bonchev–Trinajstić information content (AvgIpc) is 2.96. The second-order valence-electron chi connectivity index (χ2n) is 6.61. The summed E-state index contributed by atoms with van der Waals surface area (Å²) >= 11 is 0. The highest BCUT2D eigenvalue weighted by atomic mass is 16.1. The molecule has 3 aromatic rings. The van der Waals surface area contributed by atoms with E-state index in [-0.39, 0.29) is 11.8 Å². The summed E-state index contributed by atoms with van der Waals surface area (Å²) in [6.07, 6.45) is 1.55. The van der Waals surface area contributed by atoms with Crippen molar-refractivity contribution in [3.8, 4) is 0 Å². The molecule has 0 saturated heterocycles. The number of imidazole rings is 1. The first kappa shape index (κ1) is 14.9. The average molecular weight is 319 g/mol. The number of amides is 1. The van der Waals surface area contributed by atoms with Crippen molar-refractivity contribution < 1.29 is 4.79 Å². The molecule has 0 unspecified atom stereocenters. The van der Waals surface area contributed by atoms with Crippen LogP contribution in [0.3, 0.4) is 0 Å². The van der Waals surface area contributed by atoms with Crippen LogP contribution in [0, 0.1) is 19.8 Å². The molecule has 1 amide bonds. The van der Waals surface area contributed by atoms with E-state index in [4.69, 9.17) is 4.98 Å². The number of fused-ring (bicyclic) bond motifs is 3. The lowest BCUT2D eigenvalue weighted by atomic mass is 9.96. The second-order valence-corrected chi connectivity index (χ2v) is 6.61. The Balaban J connectivity index is 1.57. The van der Waals surface area contributed by atoms with Crippen molar-refractivity contribution in [3.05, 3.63) is 59.4 Å². The lowest BCUT2D eigenvalue weighted by Gasteiger charge is -2.24. The Morgan fingerprint density at radius 1 is 1.12 bits per heavy atom. The molecule has 122 valence electrons. The van der Waals surface area contributed by atoms with Crippen LogP contribution in [0.5, 0.6) is 0 Å². The Morgan fingerprint density at radius 2 is 1.88 bits per heavy atom. The first-order valence-corrected chi connectivity index (χ1v) is 8.44. The molecule has 4 nitrogen and oxygen atoms in total. The maximum absolute atomic E-state index is 12.7. The normalized spacial score (nSPS) is 16.8. The van der Waals surface area contributed by atoms with Gasteiger partial charge in [0.25, 0.3) is 0 Å². The van der Waals surface area contributed by atoms with E-state index in [1.165, 1.54) is 5.52 Å². The molecule has 0 bridgehead atoms. The zero-order valence-electron chi connectivity index (χ0n) is 14.0. The van der Waals surface area contributed by atoms with Crippen LogP contribution in [0.4, 0.5) is 5.69 Å². The minimum absolute atomic E-state index is 0.0201. The molecule has 0 fully saturated rings. The van der Waals surface area contributed by atoms with Gasteiger partial charge >= 0.3 is 0 Å². The van der Waals surface area contributed by atoms with Crippen LogP contribution in [0.2, 0.25) is 0 Å². The lowest BCUT2D eigenvalue weighted by Crippen LogP contribution is -2.30. The summed E-state index contributed by atoms with van der Waals surface area (Å²) in [5.41, 5.74) is 5.34. The smallest absolute Gasteiger partial charge is 0.228 e. The van der Waals surface area contributed by atoms with E-state index >= 15 is 0 Å². The Labute approximate surface area is 141 Å². The largest absolute Gasteiger partial charge is 0.328 e. The molecular formula is C20H21N3O. The molecule has 1 aliphatic rings. The first-order valence-electron chi connectivity index (χ1n) is 8.44. The van der Waals surface area contributed by atoms with Crippen LogP contribution >= 0.6 is 0 Å². The molecule has 1 atom stereocenters. The highest BCUT2D eigenvalue weighted by Gasteiger charge is 2.27. The van der Waals surface area contributed by atoms with Gasteiger partial charge in [0.15, 0.2) is 0 Å². The van der Waals surface area contributed by atoms with E-state index in [0.717, 1.165) is 41.1 Å². The molecule has 0 spiro atoms. The maximum atomic E-state index is 12.7. The van der Waals surface area contributed by atoms with Crippen molar-refractivity contribution in [1.82, 2.24) is 9.55 Å². The first-order chi connectivity index (χ1) is 11.6. The van der Waals surface area contributed by atoms with E-state index in [2.05, 4.69) is 16.0 Å². The number of nitrogens with one attached hydrogen (secondary N) is 1. The third-order valence-electron chi connectivity index (χ3n) is 4.96. The Bertz CT molecular complexity index is 906. The standard InChI is InChI=1S/C20H21N3O/c1-13-6-5-7-14(2)19(13)22-20(24)15-10-11-23-17-9-4-3-8-16(17)21-18(23)12-15/h3-9,15H,10-12H2,1-2H3,(H,22,24)/t15-/m0/s1. The van der Waals surface area contributed by atoms with Gasteiger partial charge in [-0.1, -0.05) is 30.3 Å². The van der Waals surface area contributed by atoms with Gasteiger partial charge in [0.1, 0.15) is 5.82 Å². The predicted octanol–water partition coefficient (Wildman–Crippen LogP) is 3.85. The number of para-hydroxylation sites is 3. The van der Waals surface area contributed by atoms with Gasteiger partial charge in [0.2, 0.25) is 5.91 Å². The maximum Gasteiger partial charge on any atom is 0.228 e. The zero-order valence-corrected chi connectivity index (χ0v) is 14.0. The highest BCUT2D eigenvalue weighted by Crippen LogP contribution is 2.27. The molecule has 0 saturated carbocycles. The number of aromatic nitrogens is 2. The van der Waals surface area contributed by atoms with E-state index in [9.17, 15) is 4.79 Å². The quantitative estimate of drug-likeness (QED) is 0.780. The van der Waals surface area contributed by atoms with Crippen molar-refractivity contribution in [3.63, 3.8) is 0 Å². The van der Waals surface area contributed by atoms with Crippen LogP contribution in [0.15, 0.2) is 42.5 Å². The summed E-state index contributed by atoms with van der Waals surface area (Å²) in [5, 5.41) is 3.14. The Hall–Kier alpha value is -2.62. The van der Waals surface area contributed by atoms with Crippen molar-refractivity contribution in [1.29, 1.82) is 0 Å². The molecule has 0 radical (unpaired) electrons. The fourth-order valence-electron chi connectivity index (χ4n) is 3.60. The Morgan fingerprint density at radius 3 is 2.67 bits per heavy atom. The fraction of sp³-hybridized carbons (Fsp3) is 0.300. The van der Waals surface area contributed by atoms with E-state index in [0.29, 0.717) is 6.42 Å². The van der Waals surface area contributed by atoms with Crippen molar-refractivity contribution >= 4 is 22.6 Å². The van der Waals surface area contributed by atoms with Gasteiger partial charge in [-0.2, -0.15) is 0 Å². The summed E-state index contributed by atoms with van der Waals surface area (Å²) in [6.45, 7) is 4.91. The minimum atomic E-state index is -0.0201. The fourth-order valence-corrected chi connectivity index (χ4v) is 3.60. The molecule has 24 heavy (non-hydrogen) atoms. The summed E-state index contributed by atoms with van der Waals surface area (Å²) in [7, 11) is 0. The molecule has 2 heterocycles. The van der Waals surface area contributed by atoms with Gasteiger partial charge < -0.3 is 9.88 Å². The predicted molar refractivity (Wildman–Crippen MR) is 96.1 cm³/mol. The van der Waals surface area contributed by atoms with Crippen molar-refractivity contribution in [2.45, 2.75) is 33.2 Å². The monoisotopic (exact) mass is 319 g/mol. The molecule has 1 aromatic heterocycles. The minimum Gasteiger partial charge on any atom is -0.328 e. The molecule has 4 rings (SSSR count). The van der Waals surface area contributed by atoms with E-state index < -0.39 is 0 Å². The second kappa shape index (κ2) is 5.78. The van der Waals surface area contributed by atoms with Gasteiger partial charge in [-0.3, -0.25) is 4.79 Å². The summed E-state index contributed by atoms with van der Waals surface area (Å²) < 4.78 is 2.25. The van der Waals surface area contributed by atoms with Crippen molar-refractivity contribution in [2.75, 3.05) is 5.32 Å². The molecule has 1 aliphatic heterocycles. The number of rotatable bonds is 2. The molecule has 1 N–H and O–H groups in total. The molecule has 4 heteroatoms. The molecular weight excluding hydrogens is 298 g/mol. The number of hydrogen-bond acceptors (Lipinski definition) is 2. The summed E-state index contributed by atoms with van der Waals surface area (Å²) in [4.78, 5) is 17.5. The van der Waals surface area contributed by atoms with Crippen molar-refractivity contribution in [2.24, 2.45) is 5.92 Å². The van der Waals surface area contributed by atoms with Crippen LogP contribution in [0.25, 0.3) is 11.0 Å². The third kappa shape index (κ3) is 2.48. The van der Waals surface area contributed by atoms with Crippen LogP contribution in [-0.4, -0.2) is 15.5 Å². The number of nitrogens with zero attached hydrogens (tertiary/aromatic N) is 2. The van der Waals surface area contributed by atoms with Gasteiger partial charge in [-0.05, 0) is 43.5 Å². The summed E-state index contributed by atoms with van der Waals surface area (Å²) in [5.74, 6) is 1.10. The Kier molecular flexibility index (Phi) is 3.60. The topological polar surface area (TPSA) is 46.9 Å². The van der Waals surface area contributed by atoms with Crippen LogP contribution < -0.4 is 5.32 Å². The van der Waals surface area contributed by atoms with E-state index in [1.807, 2.05) is 50.2 Å². The number of carbonyl (C=O) groups excluding carboxylic acids is 1. The van der Waals surface area contributed by atoms with Crippen LogP contribution in [0.1, 0.15) is 23.4 Å². The molecule has 2 aromatic carbocycles. The number of carbonyl (C=O) groups is 1. The van der Waals surface area contributed by atoms with Gasteiger partial charge in [-0.15, -0.1) is 0 Å². The third-order valence-corrected chi connectivity index (χ3v) is 4.96. The van der Waals surface area contributed by atoms with Gasteiger partial charge in [0, 0.05) is 24.6 Å². The SMILES string of the molecule is Cc1cccc(C)c1NC(=O)[C@H]1CCn2c(nc3ccccc32)C1. The van der Waals surface area contributed by atoms with Gasteiger partial charge in [0.05, 0.1) is 11.0 Å². The number of hydrogen-bond donors (Lipinski definition) is 1. The number of aryl methyl sites for hydroxylation is 3. The van der Waals surface area contributed by atoms with E-state index in [1.54, 1.807) is 0 Å². The number of anilines is 1.